The Kier molecular flexibility index (Phi) is 6.64. The van der Waals surface area contributed by atoms with Gasteiger partial charge in [-0.25, -0.2) is 9.48 Å². The monoisotopic (exact) mass is 531 g/mol. The lowest BCUT2D eigenvalue weighted by Crippen LogP contribution is -2.38. The Bertz CT molecular complexity index is 1680. The van der Waals surface area contributed by atoms with Crippen LogP contribution >= 0.6 is 0 Å². The lowest BCUT2D eigenvalue weighted by molar-refractivity contribution is 0.194. The van der Waals surface area contributed by atoms with Crippen molar-refractivity contribution in [3.8, 4) is 17.3 Å². The van der Waals surface area contributed by atoms with Gasteiger partial charge in [0, 0.05) is 11.8 Å². The van der Waals surface area contributed by atoms with Crippen LogP contribution in [0.25, 0.3) is 11.5 Å². The van der Waals surface area contributed by atoms with Crippen LogP contribution in [0.1, 0.15) is 46.6 Å². The topological polar surface area (TPSA) is 64.3 Å². The number of rotatable bonds is 5. The molecule has 2 amide bonds. The van der Waals surface area contributed by atoms with Crippen molar-refractivity contribution in [3.05, 3.63) is 125 Å². The summed E-state index contributed by atoms with van der Waals surface area (Å²) >= 11 is 0. The Hall–Kier alpha value is -4.78. The van der Waals surface area contributed by atoms with Crippen molar-refractivity contribution < 1.29 is 9.53 Å². The van der Waals surface area contributed by atoms with Crippen LogP contribution in [-0.2, 0) is 13.0 Å². The standard InChI is InChI=1S/C33H33N5O2/c1-5-27-26-21-37(33(39)34-28-20-23(3)16-17-30(28)40-4)31(24-12-9-11-22(2)19-24)29-15-10-18-36(29)32(26)38(35-27)25-13-7-6-8-14-25/h6-20,31H,5,21H2,1-4H3,(H,34,39)/t31-/m1/s1. The number of nitrogens with zero attached hydrogens (tertiary/aromatic N) is 4. The number of carbonyl (C=O) groups excluding carboxylic acids is 1. The van der Waals surface area contributed by atoms with E-state index in [0.717, 1.165) is 51.6 Å². The van der Waals surface area contributed by atoms with E-state index >= 15 is 0 Å². The number of ether oxygens (including phenoxy) is 1. The van der Waals surface area contributed by atoms with Crippen molar-refractivity contribution in [2.45, 2.75) is 39.8 Å². The second-order valence-corrected chi connectivity index (χ2v) is 10.2. The highest BCUT2D eigenvalue weighted by Gasteiger charge is 2.36. The number of carbonyl (C=O) groups is 1. The van der Waals surface area contributed by atoms with Crippen LogP contribution in [-0.4, -0.2) is 32.4 Å². The van der Waals surface area contributed by atoms with Crippen LogP contribution in [0.5, 0.6) is 5.75 Å². The van der Waals surface area contributed by atoms with E-state index in [9.17, 15) is 4.79 Å². The number of nitrogens with one attached hydrogen (secondary N) is 1. The number of hydrogen-bond acceptors (Lipinski definition) is 3. The van der Waals surface area contributed by atoms with Gasteiger partial charge in [0.1, 0.15) is 11.6 Å². The minimum atomic E-state index is -0.327. The Balaban J connectivity index is 1.55. The molecule has 2 aromatic heterocycles. The molecule has 5 aromatic rings. The zero-order valence-electron chi connectivity index (χ0n) is 23.3. The van der Waals surface area contributed by atoms with Gasteiger partial charge in [-0.3, -0.25) is 0 Å². The first-order chi connectivity index (χ1) is 19.5. The first-order valence-electron chi connectivity index (χ1n) is 13.6. The smallest absolute Gasteiger partial charge is 0.323 e. The molecule has 7 nitrogen and oxygen atoms in total. The lowest BCUT2D eigenvalue weighted by atomic mass is 10.00. The summed E-state index contributed by atoms with van der Waals surface area (Å²) in [5.41, 5.74) is 7.85. The first kappa shape index (κ1) is 25.5. The number of benzene rings is 3. The summed E-state index contributed by atoms with van der Waals surface area (Å²) in [6, 6.07) is 28.0. The molecular formula is C33H33N5O2. The summed E-state index contributed by atoms with van der Waals surface area (Å²) < 4.78 is 9.79. The van der Waals surface area contributed by atoms with Gasteiger partial charge in [-0.05, 0) is 67.8 Å². The fourth-order valence-corrected chi connectivity index (χ4v) is 5.65. The maximum absolute atomic E-state index is 14.3. The van der Waals surface area contributed by atoms with Gasteiger partial charge in [0.05, 0.1) is 42.5 Å². The molecule has 0 fully saturated rings. The van der Waals surface area contributed by atoms with Crippen molar-refractivity contribution in [2.75, 3.05) is 12.4 Å². The summed E-state index contributed by atoms with van der Waals surface area (Å²) in [6.45, 7) is 6.59. The van der Waals surface area contributed by atoms with Gasteiger partial charge in [0.2, 0.25) is 0 Å². The van der Waals surface area contributed by atoms with Gasteiger partial charge in [-0.2, -0.15) is 5.10 Å². The fraction of sp³-hybridized carbons (Fsp3) is 0.212. The molecule has 6 rings (SSSR count). The number of hydrogen-bond donors (Lipinski definition) is 1. The number of fused-ring (bicyclic) bond motifs is 3. The Morgan fingerprint density at radius 1 is 0.975 bits per heavy atom. The zero-order valence-corrected chi connectivity index (χ0v) is 23.3. The molecule has 3 heterocycles. The molecule has 0 aliphatic carbocycles. The average molecular weight is 532 g/mol. The number of para-hydroxylation sites is 1. The molecule has 0 saturated heterocycles. The van der Waals surface area contributed by atoms with Gasteiger partial charge < -0.3 is 19.5 Å². The third-order valence-electron chi connectivity index (χ3n) is 7.52. The predicted octanol–water partition coefficient (Wildman–Crippen LogP) is 6.99. The van der Waals surface area contributed by atoms with E-state index in [1.165, 1.54) is 0 Å². The molecule has 1 atom stereocenters. The Morgan fingerprint density at radius 2 is 1.77 bits per heavy atom. The highest BCUT2D eigenvalue weighted by atomic mass is 16.5. The number of methoxy groups -OCH3 is 1. The third kappa shape index (κ3) is 4.43. The van der Waals surface area contributed by atoms with E-state index in [1.54, 1.807) is 7.11 Å². The summed E-state index contributed by atoms with van der Waals surface area (Å²) in [5, 5.41) is 8.22. The number of urea groups is 1. The Labute approximate surface area is 234 Å². The van der Waals surface area contributed by atoms with E-state index in [4.69, 9.17) is 9.84 Å². The van der Waals surface area contributed by atoms with E-state index in [1.807, 2.05) is 59.0 Å². The lowest BCUT2D eigenvalue weighted by Gasteiger charge is -2.31. The molecule has 0 radical (unpaired) electrons. The summed E-state index contributed by atoms with van der Waals surface area (Å²) in [5.74, 6) is 1.58. The molecular weight excluding hydrogens is 498 g/mol. The second kappa shape index (κ2) is 10.4. The first-order valence-corrected chi connectivity index (χ1v) is 13.6. The van der Waals surface area contributed by atoms with Crippen LogP contribution in [0.4, 0.5) is 10.5 Å². The van der Waals surface area contributed by atoms with Crippen LogP contribution in [0.3, 0.4) is 0 Å². The van der Waals surface area contributed by atoms with Crippen molar-refractivity contribution in [1.82, 2.24) is 19.2 Å². The van der Waals surface area contributed by atoms with Gasteiger partial charge in [0.25, 0.3) is 0 Å². The highest BCUT2D eigenvalue weighted by molar-refractivity contribution is 5.92. The quantitative estimate of drug-likeness (QED) is 0.266. The summed E-state index contributed by atoms with van der Waals surface area (Å²) in [7, 11) is 1.62. The van der Waals surface area contributed by atoms with E-state index in [-0.39, 0.29) is 12.1 Å². The molecule has 202 valence electrons. The molecule has 1 aliphatic rings. The zero-order chi connectivity index (χ0) is 27.8. The van der Waals surface area contributed by atoms with Gasteiger partial charge in [-0.1, -0.05) is 61.0 Å². The minimum absolute atomic E-state index is 0.203. The summed E-state index contributed by atoms with van der Waals surface area (Å²) in [4.78, 5) is 16.2. The number of amides is 2. The normalized spacial score (nSPS) is 14.3. The number of aromatic nitrogens is 3. The van der Waals surface area contributed by atoms with Crippen molar-refractivity contribution >= 4 is 11.7 Å². The van der Waals surface area contributed by atoms with Crippen molar-refractivity contribution in [3.63, 3.8) is 0 Å². The molecule has 0 spiro atoms. The van der Waals surface area contributed by atoms with Gasteiger partial charge in [0.15, 0.2) is 0 Å². The summed E-state index contributed by atoms with van der Waals surface area (Å²) in [6.07, 6.45) is 2.82. The van der Waals surface area contributed by atoms with Crippen LogP contribution in [0, 0.1) is 13.8 Å². The predicted molar refractivity (Wildman–Crippen MR) is 158 cm³/mol. The second-order valence-electron chi connectivity index (χ2n) is 10.2. The van der Waals surface area contributed by atoms with Crippen LogP contribution in [0.15, 0.2) is 91.1 Å². The maximum Gasteiger partial charge on any atom is 0.323 e. The van der Waals surface area contributed by atoms with Crippen molar-refractivity contribution in [1.29, 1.82) is 0 Å². The molecule has 1 aliphatic heterocycles. The Morgan fingerprint density at radius 3 is 2.52 bits per heavy atom. The molecule has 1 N–H and O–H groups in total. The van der Waals surface area contributed by atoms with Crippen LogP contribution < -0.4 is 10.1 Å². The molecule has 3 aromatic carbocycles. The minimum Gasteiger partial charge on any atom is -0.495 e. The molecule has 0 saturated carbocycles. The van der Waals surface area contributed by atoms with E-state index < -0.39 is 0 Å². The van der Waals surface area contributed by atoms with Crippen LogP contribution in [0.2, 0.25) is 0 Å². The van der Waals surface area contributed by atoms with Gasteiger partial charge >= 0.3 is 6.03 Å². The maximum atomic E-state index is 14.3. The molecule has 7 heteroatoms. The highest BCUT2D eigenvalue weighted by Crippen LogP contribution is 2.39. The van der Waals surface area contributed by atoms with E-state index in [2.05, 4.69) is 72.4 Å². The third-order valence-corrected chi connectivity index (χ3v) is 7.52. The van der Waals surface area contributed by atoms with E-state index in [0.29, 0.717) is 18.0 Å². The molecule has 0 bridgehead atoms. The van der Waals surface area contributed by atoms with Crippen molar-refractivity contribution in [2.24, 2.45) is 0 Å². The SMILES string of the molecule is CCc1nn(-c2ccccc2)c2c1CN(C(=O)Nc1cc(C)ccc1OC)[C@H](c1cccc(C)c1)c1cccn1-2. The fourth-order valence-electron chi connectivity index (χ4n) is 5.65. The molecule has 0 unspecified atom stereocenters. The number of anilines is 1. The molecule has 40 heavy (non-hydrogen) atoms. The van der Waals surface area contributed by atoms with Gasteiger partial charge in [-0.15, -0.1) is 0 Å². The average Bonchev–Trinajstić information content (AvgIpc) is 3.54. The number of aryl methyl sites for hydroxylation is 3. The largest absolute Gasteiger partial charge is 0.495 e.